The van der Waals surface area contributed by atoms with Crippen LogP contribution in [0.1, 0.15) is 36.0 Å². The minimum absolute atomic E-state index is 0.195. The van der Waals surface area contributed by atoms with Crippen LogP contribution in [0.4, 0.5) is 0 Å². The molecule has 1 N–H and O–H groups in total. The lowest BCUT2D eigenvalue weighted by molar-refractivity contribution is 0.0690. The summed E-state index contributed by atoms with van der Waals surface area (Å²) in [5.41, 5.74) is 0.195. The van der Waals surface area contributed by atoms with Crippen molar-refractivity contribution in [1.82, 2.24) is 0 Å². The molecular formula is C14H17BrO4. The minimum Gasteiger partial charge on any atom is -0.493 e. The lowest BCUT2D eigenvalue weighted by atomic mass is 10.1. The molecule has 5 heteroatoms. The summed E-state index contributed by atoms with van der Waals surface area (Å²) >= 11 is 3.32. The van der Waals surface area contributed by atoms with Gasteiger partial charge in [-0.05, 0) is 43.9 Å². The van der Waals surface area contributed by atoms with Crippen molar-refractivity contribution in [1.29, 1.82) is 0 Å². The van der Waals surface area contributed by atoms with Gasteiger partial charge in [-0.2, -0.15) is 0 Å². The van der Waals surface area contributed by atoms with Crippen LogP contribution in [0, 0.1) is 0 Å². The molecule has 0 saturated carbocycles. The van der Waals surface area contributed by atoms with E-state index in [0.717, 1.165) is 36.8 Å². The van der Waals surface area contributed by atoms with E-state index in [2.05, 4.69) is 15.9 Å². The molecule has 1 aliphatic rings. The van der Waals surface area contributed by atoms with Gasteiger partial charge in [0, 0.05) is 11.1 Å². The Morgan fingerprint density at radius 2 is 2.37 bits per heavy atom. The first-order chi connectivity index (χ1) is 9.16. The number of halogens is 1. The molecule has 1 fully saturated rings. The number of ether oxygens (including phenoxy) is 2. The summed E-state index contributed by atoms with van der Waals surface area (Å²) in [6, 6.07) is 4.93. The zero-order chi connectivity index (χ0) is 13.7. The Labute approximate surface area is 120 Å². The van der Waals surface area contributed by atoms with E-state index in [1.165, 1.54) is 0 Å². The number of carboxylic acid groups (broad SMARTS) is 1. The predicted molar refractivity (Wildman–Crippen MR) is 74.8 cm³/mol. The Kier molecular flexibility index (Phi) is 5.22. The van der Waals surface area contributed by atoms with Gasteiger partial charge in [0.25, 0.3) is 0 Å². The molecule has 0 spiro atoms. The zero-order valence-electron chi connectivity index (χ0n) is 10.6. The molecule has 19 heavy (non-hydrogen) atoms. The van der Waals surface area contributed by atoms with E-state index >= 15 is 0 Å². The van der Waals surface area contributed by atoms with Crippen LogP contribution in [0.2, 0.25) is 0 Å². The smallest absolute Gasteiger partial charge is 0.339 e. The Bertz CT molecular complexity index is 441. The molecule has 0 amide bonds. The summed E-state index contributed by atoms with van der Waals surface area (Å²) in [5, 5.41) is 9.07. The van der Waals surface area contributed by atoms with Crippen molar-refractivity contribution in [2.75, 3.05) is 13.2 Å². The first-order valence-corrected chi connectivity index (χ1v) is 7.23. The number of benzene rings is 1. The largest absolute Gasteiger partial charge is 0.493 e. The molecule has 1 aromatic rings. The second-order valence-electron chi connectivity index (χ2n) is 4.57. The molecule has 4 nitrogen and oxygen atoms in total. The second-order valence-corrected chi connectivity index (χ2v) is 5.49. The van der Waals surface area contributed by atoms with Crippen LogP contribution in [-0.2, 0) is 4.74 Å². The zero-order valence-corrected chi connectivity index (χ0v) is 12.2. The van der Waals surface area contributed by atoms with Gasteiger partial charge in [-0.25, -0.2) is 4.79 Å². The van der Waals surface area contributed by atoms with Crippen LogP contribution >= 0.6 is 15.9 Å². The number of carbonyl (C=O) groups is 1. The standard InChI is InChI=1S/C14H17BrO4/c15-10-5-6-12(14(16)17)13(9-10)19-8-2-4-11-3-1-7-18-11/h5-6,9,11H,1-4,7-8H2,(H,16,17). The Morgan fingerprint density at radius 3 is 3.05 bits per heavy atom. The SMILES string of the molecule is O=C(O)c1ccc(Br)cc1OCCCC1CCCO1. The summed E-state index contributed by atoms with van der Waals surface area (Å²) < 4.78 is 11.9. The van der Waals surface area contributed by atoms with Crippen LogP contribution in [-0.4, -0.2) is 30.4 Å². The van der Waals surface area contributed by atoms with E-state index in [1.807, 2.05) is 0 Å². The molecule has 1 aliphatic heterocycles. The fourth-order valence-corrected chi connectivity index (χ4v) is 2.50. The molecule has 104 valence electrons. The van der Waals surface area contributed by atoms with E-state index in [4.69, 9.17) is 14.6 Å². The highest BCUT2D eigenvalue weighted by Crippen LogP contribution is 2.24. The number of aromatic carboxylic acids is 1. The summed E-state index contributed by atoms with van der Waals surface area (Å²) in [5.74, 6) is -0.559. The van der Waals surface area contributed by atoms with Gasteiger partial charge in [-0.15, -0.1) is 0 Å². The van der Waals surface area contributed by atoms with Crippen LogP contribution in [0.3, 0.4) is 0 Å². The van der Waals surface area contributed by atoms with E-state index in [9.17, 15) is 4.79 Å². The molecule has 0 aromatic heterocycles. The first kappa shape index (κ1) is 14.3. The highest BCUT2D eigenvalue weighted by molar-refractivity contribution is 9.10. The molecule has 2 rings (SSSR count). The summed E-state index contributed by atoms with van der Waals surface area (Å²) in [4.78, 5) is 11.1. The Balaban J connectivity index is 1.84. The van der Waals surface area contributed by atoms with Gasteiger partial charge in [-0.1, -0.05) is 15.9 Å². The maximum atomic E-state index is 11.1. The fourth-order valence-electron chi connectivity index (χ4n) is 2.16. The quantitative estimate of drug-likeness (QED) is 0.812. The maximum Gasteiger partial charge on any atom is 0.339 e. The van der Waals surface area contributed by atoms with Crippen molar-refractivity contribution >= 4 is 21.9 Å². The normalized spacial score (nSPS) is 18.5. The number of rotatable bonds is 6. The molecule has 0 bridgehead atoms. The van der Waals surface area contributed by atoms with E-state index in [-0.39, 0.29) is 5.56 Å². The van der Waals surface area contributed by atoms with E-state index in [1.54, 1.807) is 18.2 Å². The molecule has 1 saturated heterocycles. The summed E-state index contributed by atoms with van der Waals surface area (Å²) in [7, 11) is 0. The van der Waals surface area contributed by atoms with Crippen LogP contribution in [0.25, 0.3) is 0 Å². The Morgan fingerprint density at radius 1 is 1.53 bits per heavy atom. The number of hydrogen-bond donors (Lipinski definition) is 1. The number of carboxylic acids is 1. The van der Waals surface area contributed by atoms with Crippen molar-refractivity contribution in [3.63, 3.8) is 0 Å². The van der Waals surface area contributed by atoms with Crippen molar-refractivity contribution in [2.24, 2.45) is 0 Å². The second kappa shape index (κ2) is 6.91. The number of hydrogen-bond acceptors (Lipinski definition) is 3. The summed E-state index contributed by atoms with van der Waals surface area (Å²) in [6.07, 6.45) is 4.45. The molecule has 1 aromatic carbocycles. The monoisotopic (exact) mass is 328 g/mol. The average molecular weight is 329 g/mol. The van der Waals surface area contributed by atoms with Gasteiger partial charge >= 0.3 is 5.97 Å². The van der Waals surface area contributed by atoms with E-state index < -0.39 is 5.97 Å². The van der Waals surface area contributed by atoms with Gasteiger partial charge in [0.1, 0.15) is 11.3 Å². The molecule has 1 heterocycles. The first-order valence-electron chi connectivity index (χ1n) is 6.44. The average Bonchev–Trinajstić information content (AvgIpc) is 2.87. The Hall–Kier alpha value is -1.07. The molecular weight excluding hydrogens is 312 g/mol. The topological polar surface area (TPSA) is 55.8 Å². The fraction of sp³-hybridized carbons (Fsp3) is 0.500. The van der Waals surface area contributed by atoms with Crippen LogP contribution in [0.15, 0.2) is 22.7 Å². The third-order valence-corrected chi connectivity index (χ3v) is 3.62. The molecule has 0 aliphatic carbocycles. The lowest BCUT2D eigenvalue weighted by Crippen LogP contribution is -2.09. The highest BCUT2D eigenvalue weighted by atomic mass is 79.9. The van der Waals surface area contributed by atoms with Gasteiger partial charge in [-0.3, -0.25) is 0 Å². The summed E-state index contributed by atoms with van der Waals surface area (Å²) in [6.45, 7) is 1.37. The van der Waals surface area contributed by atoms with Crippen molar-refractivity contribution in [3.05, 3.63) is 28.2 Å². The third kappa shape index (κ3) is 4.21. The third-order valence-electron chi connectivity index (χ3n) is 3.13. The highest BCUT2D eigenvalue weighted by Gasteiger charge is 2.15. The minimum atomic E-state index is -0.971. The van der Waals surface area contributed by atoms with Crippen molar-refractivity contribution in [2.45, 2.75) is 31.8 Å². The van der Waals surface area contributed by atoms with Gasteiger partial charge in [0.15, 0.2) is 0 Å². The van der Waals surface area contributed by atoms with Crippen molar-refractivity contribution in [3.8, 4) is 5.75 Å². The van der Waals surface area contributed by atoms with Crippen LogP contribution in [0.5, 0.6) is 5.75 Å². The predicted octanol–water partition coefficient (Wildman–Crippen LogP) is 3.49. The molecule has 1 unspecified atom stereocenters. The molecule has 0 radical (unpaired) electrons. The molecule has 1 atom stereocenters. The van der Waals surface area contributed by atoms with Gasteiger partial charge < -0.3 is 14.6 Å². The van der Waals surface area contributed by atoms with Gasteiger partial charge in [0.05, 0.1) is 12.7 Å². The van der Waals surface area contributed by atoms with Crippen LogP contribution < -0.4 is 4.74 Å². The lowest BCUT2D eigenvalue weighted by Gasteiger charge is -2.11. The van der Waals surface area contributed by atoms with E-state index in [0.29, 0.717) is 18.5 Å². The maximum absolute atomic E-state index is 11.1. The van der Waals surface area contributed by atoms with Crippen molar-refractivity contribution < 1.29 is 19.4 Å². The van der Waals surface area contributed by atoms with Gasteiger partial charge in [0.2, 0.25) is 0 Å².